The van der Waals surface area contributed by atoms with Crippen molar-refractivity contribution in [2.75, 3.05) is 13.1 Å². The minimum Gasteiger partial charge on any atom is -0.353 e. The third-order valence-electron chi connectivity index (χ3n) is 5.42. The molecule has 5 nitrogen and oxygen atoms in total. The molecule has 0 aromatic heterocycles. The number of nitrogens with one attached hydrogen (secondary N) is 1. The van der Waals surface area contributed by atoms with Gasteiger partial charge in [-0.2, -0.15) is 0 Å². The van der Waals surface area contributed by atoms with E-state index in [1.165, 1.54) is 6.42 Å². The van der Waals surface area contributed by atoms with E-state index >= 15 is 0 Å². The molecule has 0 spiro atoms. The molecule has 0 radical (unpaired) electrons. The summed E-state index contributed by atoms with van der Waals surface area (Å²) in [7, 11) is 0. The van der Waals surface area contributed by atoms with Crippen LogP contribution in [0.15, 0.2) is 0 Å². The number of amides is 2. The van der Waals surface area contributed by atoms with Crippen LogP contribution in [-0.4, -0.2) is 41.9 Å². The maximum Gasteiger partial charge on any atom is 0.224 e. The summed E-state index contributed by atoms with van der Waals surface area (Å²) < 4.78 is 0. The van der Waals surface area contributed by atoms with E-state index < -0.39 is 0 Å². The number of nitrogens with two attached hydrogens (primary N) is 1. The largest absolute Gasteiger partial charge is 0.353 e. The van der Waals surface area contributed by atoms with E-state index in [1.54, 1.807) is 0 Å². The number of carbonyl (C=O) groups is 2. The molecule has 24 heavy (non-hydrogen) atoms. The van der Waals surface area contributed by atoms with Crippen LogP contribution in [0.3, 0.4) is 0 Å². The molecule has 1 aliphatic heterocycles. The van der Waals surface area contributed by atoms with Gasteiger partial charge in [-0.1, -0.05) is 26.2 Å². The maximum absolute atomic E-state index is 12.6. The Kier molecular flexibility index (Phi) is 9.06. The molecule has 0 aromatic rings. The molecule has 2 rings (SSSR count). The van der Waals surface area contributed by atoms with Gasteiger partial charge in [0, 0.05) is 37.5 Å². The number of hydrogen-bond acceptors (Lipinski definition) is 3. The fourth-order valence-corrected chi connectivity index (χ4v) is 3.96. The van der Waals surface area contributed by atoms with E-state index in [4.69, 9.17) is 5.73 Å². The standard InChI is InChI=1S/C18H33N3O2.ClH/c1-13-8-9-21(16(10-13)12-19)17(22)11-14(2)20-18(23)15-6-4-3-5-7-15;/h13-16H,3-12,19H2,1-2H3,(H,20,23);1H. The highest BCUT2D eigenvalue weighted by Crippen LogP contribution is 2.24. The zero-order valence-corrected chi connectivity index (χ0v) is 15.9. The summed E-state index contributed by atoms with van der Waals surface area (Å²) in [6.07, 6.45) is 7.94. The average molecular weight is 360 g/mol. The minimum absolute atomic E-state index is 0. The topological polar surface area (TPSA) is 75.4 Å². The Labute approximate surface area is 152 Å². The van der Waals surface area contributed by atoms with Crippen molar-refractivity contribution in [3.05, 3.63) is 0 Å². The summed E-state index contributed by atoms with van der Waals surface area (Å²) >= 11 is 0. The fraction of sp³-hybridized carbons (Fsp3) is 0.889. The lowest BCUT2D eigenvalue weighted by molar-refractivity contribution is -0.136. The Morgan fingerprint density at radius 3 is 2.50 bits per heavy atom. The van der Waals surface area contributed by atoms with Gasteiger partial charge in [0.2, 0.25) is 11.8 Å². The number of nitrogens with zero attached hydrogens (tertiary/aromatic N) is 1. The van der Waals surface area contributed by atoms with E-state index in [9.17, 15) is 9.59 Å². The van der Waals surface area contributed by atoms with Crippen molar-refractivity contribution in [1.29, 1.82) is 0 Å². The van der Waals surface area contributed by atoms with Gasteiger partial charge in [0.05, 0.1) is 0 Å². The molecule has 2 fully saturated rings. The summed E-state index contributed by atoms with van der Waals surface area (Å²) in [5.74, 6) is 1.04. The van der Waals surface area contributed by atoms with Crippen molar-refractivity contribution >= 4 is 24.2 Å². The van der Waals surface area contributed by atoms with Crippen LogP contribution in [-0.2, 0) is 9.59 Å². The first-order valence-corrected chi connectivity index (χ1v) is 9.31. The van der Waals surface area contributed by atoms with Crippen molar-refractivity contribution in [3.8, 4) is 0 Å². The number of piperidine rings is 1. The summed E-state index contributed by atoms with van der Waals surface area (Å²) in [5.41, 5.74) is 5.84. The molecule has 140 valence electrons. The molecule has 3 atom stereocenters. The predicted octanol–water partition coefficient (Wildman–Crippen LogP) is 2.47. The summed E-state index contributed by atoms with van der Waals surface area (Å²) in [5, 5.41) is 3.04. The van der Waals surface area contributed by atoms with Gasteiger partial charge in [-0.05, 0) is 38.5 Å². The second-order valence-electron chi connectivity index (χ2n) is 7.55. The van der Waals surface area contributed by atoms with Crippen molar-refractivity contribution in [2.24, 2.45) is 17.6 Å². The summed E-state index contributed by atoms with van der Waals surface area (Å²) in [4.78, 5) is 26.8. The van der Waals surface area contributed by atoms with Crippen LogP contribution >= 0.6 is 12.4 Å². The smallest absolute Gasteiger partial charge is 0.224 e. The summed E-state index contributed by atoms with van der Waals surface area (Å²) in [6.45, 7) is 5.48. The van der Waals surface area contributed by atoms with Gasteiger partial charge < -0.3 is 16.0 Å². The molecule has 2 amide bonds. The molecule has 6 heteroatoms. The lowest BCUT2D eigenvalue weighted by Gasteiger charge is -2.38. The van der Waals surface area contributed by atoms with Gasteiger partial charge in [0.1, 0.15) is 0 Å². The van der Waals surface area contributed by atoms with Gasteiger partial charge in [-0.3, -0.25) is 9.59 Å². The van der Waals surface area contributed by atoms with E-state index in [0.29, 0.717) is 18.9 Å². The SMILES string of the molecule is CC1CCN(C(=O)CC(C)NC(=O)C2CCCCC2)C(CN)C1.Cl. The van der Waals surface area contributed by atoms with Crippen LogP contribution < -0.4 is 11.1 Å². The van der Waals surface area contributed by atoms with E-state index in [2.05, 4.69) is 12.2 Å². The predicted molar refractivity (Wildman–Crippen MR) is 99.0 cm³/mol. The number of likely N-dealkylation sites (tertiary alicyclic amines) is 1. The van der Waals surface area contributed by atoms with Crippen LogP contribution in [0.2, 0.25) is 0 Å². The van der Waals surface area contributed by atoms with Crippen molar-refractivity contribution < 1.29 is 9.59 Å². The van der Waals surface area contributed by atoms with Crippen molar-refractivity contribution in [3.63, 3.8) is 0 Å². The maximum atomic E-state index is 12.6. The number of carbonyl (C=O) groups excluding carboxylic acids is 2. The zero-order valence-electron chi connectivity index (χ0n) is 15.1. The molecule has 1 saturated carbocycles. The Morgan fingerprint density at radius 1 is 1.21 bits per heavy atom. The Hall–Kier alpha value is -0.810. The van der Waals surface area contributed by atoms with E-state index in [1.807, 2.05) is 11.8 Å². The average Bonchev–Trinajstić information content (AvgIpc) is 2.55. The second-order valence-corrected chi connectivity index (χ2v) is 7.55. The number of hydrogen-bond donors (Lipinski definition) is 2. The molecule has 1 saturated heterocycles. The molecular formula is C18H34ClN3O2. The van der Waals surface area contributed by atoms with Crippen LogP contribution in [0.25, 0.3) is 0 Å². The van der Waals surface area contributed by atoms with Gasteiger partial charge in [0.15, 0.2) is 0 Å². The highest BCUT2D eigenvalue weighted by atomic mass is 35.5. The lowest BCUT2D eigenvalue weighted by Crippen LogP contribution is -2.51. The van der Waals surface area contributed by atoms with Crippen molar-refractivity contribution in [2.45, 2.75) is 77.3 Å². The molecule has 0 aromatic carbocycles. The Balaban J connectivity index is 0.00000288. The van der Waals surface area contributed by atoms with E-state index in [-0.39, 0.29) is 42.2 Å². The molecule has 0 bridgehead atoms. The zero-order chi connectivity index (χ0) is 16.8. The summed E-state index contributed by atoms with van der Waals surface area (Å²) in [6, 6.07) is 0.0576. The van der Waals surface area contributed by atoms with Crippen LogP contribution in [0, 0.1) is 11.8 Å². The fourth-order valence-electron chi connectivity index (χ4n) is 3.96. The third-order valence-corrected chi connectivity index (χ3v) is 5.42. The van der Waals surface area contributed by atoms with Gasteiger partial charge in [-0.15, -0.1) is 12.4 Å². The molecule has 3 N–H and O–H groups in total. The molecule has 3 unspecified atom stereocenters. The molecule has 1 aliphatic carbocycles. The Bertz CT molecular complexity index is 413. The van der Waals surface area contributed by atoms with E-state index in [0.717, 1.165) is 45.1 Å². The van der Waals surface area contributed by atoms with Gasteiger partial charge >= 0.3 is 0 Å². The monoisotopic (exact) mass is 359 g/mol. The lowest BCUT2D eigenvalue weighted by atomic mass is 9.88. The number of rotatable bonds is 5. The quantitative estimate of drug-likeness (QED) is 0.791. The normalized spacial score (nSPS) is 26.4. The Morgan fingerprint density at radius 2 is 1.88 bits per heavy atom. The molecular weight excluding hydrogens is 326 g/mol. The minimum atomic E-state index is -0.102. The third kappa shape index (κ3) is 5.92. The highest BCUT2D eigenvalue weighted by molar-refractivity contribution is 5.85. The first-order valence-electron chi connectivity index (χ1n) is 9.31. The second kappa shape index (κ2) is 10.2. The molecule has 2 aliphatic rings. The van der Waals surface area contributed by atoms with Crippen molar-refractivity contribution in [1.82, 2.24) is 10.2 Å². The number of halogens is 1. The van der Waals surface area contributed by atoms with Gasteiger partial charge in [0.25, 0.3) is 0 Å². The highest BCUT2D eigenvalue weighted by Gasteiger charge is 2.30. The van der Waals surface area contributed by atoms with Crippen LogP contribution in [0.4, 0.5) is 0 Å². The van der Waals surface area contributed by atoms with Crippen LogP contribution in [0.5, 0.6) is 0 Å². The van der Waals surface area contributed by atoms with Crippen LogP contribution in [0.1, 0.15) is 65.2 Å². The molecule has 1 heterocycles. The van der Waals surface area contributed by atoms with Gasteiger partial charge in [-0.25, -0.2) is 0 Å². The first-order chi connectivity index (χ1) is 11.0. The first kappa shape index (κ1) is 21.2.